The van der Waals surface area contributed by atoms with Gasteiger partial charge in [0.1, 0.15) is 0 Å². The molecule has 2 atom stereocenters. The van der Waals surface area contributed by atoms with Gasteiger partial charge < -0.3 is 0 Å². The lowest BCUT2D eigenvalue weighted by atomic mass is 10.0. The third-order valence-electron chi connectivity index (χ3n) is 3.01. The number of carbonyl (C=O) groups excluding carboxylic acids is 1. The smallest absolute Gasteiger partial charge is 0.229 e. The van der Waals surface area contributed by atoms with Crippen molar-refractivity contribution in [1.29, 1.82) is 0 Å². The molecule has 0 radical (unpaired) electrons. The average molecular weight is 201 g/mol. The predicted octanol–water partition coefficient (Wildman–Crippen LogP) is 0.145. The monoisotopic (exact) mass is 201 g/mol. The van der Waals surface area contributed by atoms with Gasteiger partial charge in [-0.15, -0.1) is 0 Å². The van der Waals surface area contributed by atoms with Crippen LogP contribution in [0.25, 0.3) is 0 Å². The molecule has 4 nitrogen and oxygen atoms in total. The third-order valence-corrected chi connectivity index (χ3v) is 4.88. The van der Waals surface area contributed by atoms with Gasteiger partial charge in [-0.2, -0.15) is 0 Å². The quantitative estimate of drug-likeness (QED) is 0.448. The first-order chi connectivity index (χ1) is 6.12. The zero-order valence-corrected chi connectivity index (χ0v) is 7.96. The van der Waals surface area contributed by atoms with E-state index in [1.807, 2.05) is 0 Å². The van der Waals surface area contributed by atoms with Crippen LogP contribution in [0, 0.1) is 11.8 Å². The van der Waals surface area contributed by atoms with Crippen LogP contribution in [0.4, 0.5) is 0 Å². The standard InChI is InChI=1S/C8H11NO3S/c10-5-9-8-6-1-2-7(8)4-13(11,12)3-6/h6-8H,1-4H2. The number of hydrogen-bond donors (Lipinski definition) is 0. The zero-order chi connectivity index (χ0) is 9.47. The summed E-state index contributed by atoms with van der Waals surface area (Å²) in [5, 5.41) is 0. The average Bonchev–Trinajstić information content (AvgIpc) is 2.31. The van der Waals surface area contributed by atoms with E-state index in [9.17, 15) is 13.2 Å². The maximum Gasteiger partial charge on any atom is 0.235 e. The van der Waals surface area contributed by atoms with Crippen molar-refractivity contribution in [2.24, 2.45) is 16.8 Å². The molecule has 1 aliphatic heterocycles. The lowest BCUT2D eigenvalue weighted by Crippen LogP contribution is -2.36. The van der Waals surface area contributed by atoms with Crippen LogP contribution >= 0.6 is 0 Å². The zero-order valence-electron chi connectivity index (χ0n) is 7.14. The molecular weight excluding hydrogens is 190 g/mol. The van der Waals surface area contributed by atoms with Crippen LogP contribution < -0.4 is 0 Å². The maximum absolute atomic E-state index is 11.3. The van der Waals surface area contributed by atoms with Crippen LogP contribution in [0.5, 0.6) is 0 Å². The van der Waals surface area contributed by atoms with Crippen molar-refractivity contribution in [2.45, 2.75) is 18.9 Å². The van der Waals surface area contributed by atoms with Crippen molar-refractivity contribution in [3.05, 3.63) is 0 Å². The van der Waals surface area contributed by atoms with Crippen molar-refractivity contribution in [2.75, 3.05) is 11.5 Å². The molecule has 2 unspecified atom stereocenters. The van der Waals surface area contributed by atoms with Crippen molar-refractivity contribution >= 4 is 15.9 Å². The van der Waals surface area contributed by atoms with Gasteiger partial charge in [-0.25, -0.2) is 18.2 Å². The summed E-state index contributed by atoms with van der Waals surface area (Å²) in [4.78, 5) is 13.8. The van der Waals surface area contributed by atoms with Crippen LogP contribution in [0.1, 0.15) is 12.8 Å². The van der Waals surface area contributed by atoms with E-state index in [-0.39, 0.29) is 29.4 Å². The van der Waals surface area contributed by atoms with Crippen molar-refractivity contribution in [3.8, 4) is 0 Å². The minimum Gasteiger partial charge on any atom is -0.229 e. The van der Waals surface area contributed by atoms with Crippen LogP contribution in [-0.2, 0) is 14.6 Å². The van der Waals surface area contributed by atoms with E-state index in [2.05, 4.69) is 4.99 Å². The van der Waals surface area contributed by atoms with E-state index >= 15 is 0 Å². The molecule has 1 heterocycles. The molecule has 0 amide bonds. The van der Waals surface area contributed by atoms with Crippen molar-refractivity contribution in [1.82, 2.24) is 0 Å². The molecule has 1 saturated carbocycles. The van der Waals surface area contributed by atoms with Gasteiger partial charge in [0, 0.05) is 0 Å². The second kappa shape index (κ2) is 2.93. The Morgan fingerprint density at radius 1 is 1.15 bits per heavy atom. The lowest BCUT2D eigenvalue weighted by molar-refractivity contribution is 0.426. The third kappa shape index (κ3) is 1.54. The first-order valence-electron chi connectivity index (χ1n) is 4.40. The number of nitrogens with zero attached hydrogens (tertiary/aromatic N) is 1. The first-order valence-corrected chi connectivity index (χ1v) is 6.22. The minimum absolute atomic E-state index is 0.0685. The molecule has 72 valence electrons. The van der Waals surface area contributed by atoms with Gasteiger partial charge in [-0.3, -0.25) is 0 Å². The van der Waals surface area contributed by atoms with E-state index in [4.69, 9.17) is 0 Å². The van der Waals surface area contributed by atoms with Gasteiger partial charge >= 0.3 is 0 Å². The molecule has 2 bridgehead atoms. The highest BCUT2D eigenvalue weighted by Crippen LogP contribution is 2.39. The number of sulfone groups is 1. The second-order valence-electron chi connectivity index (χ2n) is 3.89. The van der Waals surface area contributed by atoms with Gasteiger partial charge in [-0.05, 0) is 24.7 Å². The minimum atomic E-state index is -2.86. The Labute approximate surface area is 77.0 Å². The van der Waals surface area contributed by atoms with Crippen molar-refractivity contribution in [3.63, 3.8) is 0 Å². The lowest BCUT2D eigenvalue weighted by Gasteiger charge is -2.25. The van der Waals surface area contributed by atoms with Gasteiger partial charge in [0.15, 0.2) is 9.84 Å². The molecule has 2 fully saturated rings. The van der Waals surface area contributed by atoms with E-state index in [0.29, 0.717) is 0 Å². The van der Waals surface area contributed by atoms with Crippen LogP contribution in [0.3, 0.4) is 0 Å². The number of fused-ring (bicyclic) bond motifs is 2. The van der Waals surface area contributed by atoms with E-state index in [1.54, 1.807) is 6.08 Å². The highest BCUT2D eigenvalue weighted by molar-refractivity contribution is 7.91. The van der Waals surface area contributed by atoms with Gasteiger partial charge in [-0.1, -0.05) is 0 Å². The Morgan fingerprint density at radius 2 is 1.69 bits per heavy atom. The van der Waals surface area contributed by atoms with Gasteiger partial charge in [0.05, 0.1) is 17.5 Å². The molecule has 0 N–H and O–H groups in total. The molecule has 0 aromatic carbocycles. The van der Waals surface area contributed by atoms with Crippen LogP contribution in [-0.4, -0.2) is 32.0 Å². The fraction of sp³-hybridized carbons (Fsp3) is 0.875. The molecule has 0 spiro atoms. The maximum atomic E-state index is 11.3. The molecule has 0 aromatic heterocycles. The molecule has 0 aromatic rings. The topological polar surface area (TPSA) is 63.6 Å². The highest BCUT2D eigenvalue weighted by atomic mass is 32.2. The molecule has 1 saturated heterocycles. The Bertz CT molecular complexity index is 336. The fourth-order valence-electron chi connectivity index (χ4n) is 2.51. The first kappa shape index (κ1) is 8.91. The summed E-state index contributed by atoms with van der Waals surface area (Å²) >= 11 is 0. The van der Waals surface area contributed by atoms with Crippen LogP contribution in [0.2, 0.25) is 0 Å². The predicted molar refractivity (Wildman–Crippen MR) is 46.8 cm³/mol. The summed E-state index contributed by atoms with van der Waals surface area (Å²) in [5.41, 5.74) is 0. The largest absolute Gasteiger partial charge is 0.235 e. The Kier molecular flexibility index (Phi) is 2.00. The number of aliphatic imine (C=N–C) groups is 1. The summed E-state index contributed by atoms with van der Waals surface area (Å²) in [5.74, 6) is 0.564. The summed E-state index contributed by atoms with van der Waals surface area (Å²) in [7, 11) is -2.86. The Balaban J connectivity index is 2.27. The molecule has 1 aliphatic carbocycles. The fourth-order valence-corrected chi connectivity index (χ4v) is 4.68. The van der Waals surface area contributed by atoms with E-state index in [0.717, 1.165) is 12.8 Å². The SMILES string of the molecule is O=C=NC1C2CCC1CS(=O)(=O)C2. The Hall–Kier alpha value is -0.670. The molecular formula is C8H11NO3S. The van der Waals surface area contributed by atoms with Gasteiger partial charge in [0.25, 0.3) is 0 Å². The second-order valence-corrected chi connectivity index (χ2v) is 6.04. The normalized spacial score (nSPS) is 41.1. The highest BCUT2D eigenvalue weighted by Gasteiger charge is 2.45. The van der Waals surface area contributed by atoms with E-state index in [1.165, 1.54) is 0 Å². The molecule has 13 heavy (non-hydrogen) atoms. The summed E-state index contributed by atoms with van der Waals surface area (Å²) in [6.07, 6.45) is 3.32. The van der Waals surface area contributed by atoms with Crippen LogP contribution in [0.15, 0.2) is 4.99 Å². The number of rotatable bonds is 1. The Morgan fingerprint density at radius 3 is 2.15 bits per heavy atom. The molecule has 2 rings (SSSR count). The number of hydrogen-bond acceptors (Lipinski definition) is 4. The van der Waals surface area contributed by atoms with E-state index < -0.39 is 9.84 Å². The summed E-state index contributed by atoms with van der Waals surface area (Å²) in [6.45, 7) is 0. The summed E-state index contributed by atoms with van der Waals surface area (Å²) < 4.78 is 22.6. The number of isocyanates is 1. The van der Waals surface area contributed by atoms with Crippen molar-refractivity contribution < 1.29 is 13.2 Å². The summed E-state index contributed by atoms with van der Waals surface area (Å²) in [6, 6.07) is -0.0685. The van der Waals surface area contributed by atoms with Gasteiger partial charge in [0.2, 0.25) is 6.08 Å². The molecule has 2 aliphatic rings. The molecule has 5 heteroatoms.